The number of benzene rings is 10. The van der Waals surface area contributed by atoms with Crippen LogP contribution < -0.4 is 4.90 Å². The van der Waals surface area contributed by atoms with Gasteiger partial charge in [-0.15, -0.1) is 0 Å². The quantitative estimate of drug-likeness (QED) is 0.176. The molecule has 294 valence electrons. The van der Waals surface area contributed by atoms with Crippen molar-refractivity contribution in [2.45, 2.75) is 15.2 Å². The maximum absolute atomic E-state index is 6.40. The maximum atomic E-state index is 6.40. The predicted molar refractivity (Wildman–Crippen MR) is 262 cm³/mol. The monoisotopic (exact) mass is 820 g/mol. The maximum Gasteiger partial charge on any atom is 0.137 e. The molecule has 1 aliphatic heterocycles. The highest BCUT2D eigenvalue weighted by atomic mass is 32.2. The number of anilines is 3. The Morgan fingerprint density at radius 3 is 1.98 bits per heavy atom. The Balaban J connectivity index is 1.01. The summed E-state index contributed by atoms with van der Waals surface area (Å²) in [5.41, 5.74) is 15.8. The smallest absolute Gasteiger partial charge is 0.137 e. The third-order valence-electron chi connectivity index (χ3n) is 13.6. The molecule has 0 saturated heterocycles. The first-order chi connectivity index (χ1) is 31.2. The van der Waals surface area contributed by atoms with Crippen LogP contribution in [0.3, 0.4) is 0 Å². The SMILES string of the molecule is c1ccc(N(c2ccc3c(c2)C2(c4ccccc4S3)c3ccccc3-c3cccc4cccc2c34)c2ccc3c(c2)c2ccccc2n3-c2ccc3c(c2)oc2ccccc23)cc1. The number of furan rings is 1. The van der Waals surface area contributed by atoms with Gasteiger partial charge in [0.2, 0.25) is 0 Å². The van der Waals surface area contributed by atoms with Gasteiger partial charge in [0.1, 0.15) is 11.2 Å². The fraction of sp³-hybridized carbons (Fsp3) is 0.0169. The van der Waals surface area contributed by atoms with Crippen molar-refractivity contribution in [1.29, 1.82) is 0 Å². The van der Waals surface area contributed by atoms with Crippen LogP contribution in [0.15, 0.2) is 233 Å². The normalized spacial score (nSPS) is 15.0. The lowest BCUT2D eigenvalue weighted by Crippen LogP contribution is -2.36. The van der Waals surface area contributed by atoms with Crippen LogP contribution in [0.5, 0.6) is 0 Å². The molecular formula is C59H36N2OS. The van der Waals surface area contributed by atoms with Crippen molar-refractivity contribution < 1.29 is 4.42 Å². The van der Waals surface area contributed by atoms with E-state index in [2.05, 4.69) is 216 Å². The molecule has 0 radical (unpaired) electrons. The van der Waals surface area contributed by atoms with Crippen LogP contribution >= 0.6 is 11.8 Å². The molecule has 1 spiro atoms. The molecule has 0 amide bonds. The Hall–Kier alpha value is -7.79. The minimum atomic E-state index is -0.543. The van der Waals surface area contributed by atoms with Crippen LogP contribution in [-0.2, 0) is 5.41 Å². The molecule has 1 aliphatic carbocycles. The first kappa shape index (κ1) is 34.9. The third-order valence-corrected chi connectivity index (χ3v) is 14.8. The molecule has 2 aliphatic rings. The van der Waals surface area contributed by atoms with Gasteiger partial charge in [0, 0.05) is 60.2 Å². The number of hydrogen-bond donors (Lipinski definition) is 0. The Bertz CT molecular complexity index is 3860. The molecule has 14 rings (SSSR count). The topological polar surface area (TPSA) is 21.3 Å². The summed E-state index contributed by atoms with van der Waals surface area (Å²) in [5, 5.41) is 7.26. The Morgan fingerprint density at radius 2 is 1.06 bits per heavy atom. The second-order valence-electron chi connectivity index (χ2n) is 16.8. The summed E-state index contributed by atoms with van der Waals surface area (Å²) in [7, 11) is 0. The average Bonchev–Trinajstić information content (AvgIpc) is 3.88. The van der Waals surface area contributed by atoms with E-state index in [0.717, 1.165) is 55.7 Å². The van der Waals surface area contributed by atoms with Gasteiger partial charge in [0.15, 0.2) is 0 Å². The van der Waals surface area contributed by atoms with E-state index >= 15 is 0 Å². The first-order valence-electron chi connectivity index (χ1n) is 21.6. The largest absolute Gasteiger partial charge is 0.456 e. The van der Waals surface area contributed by atoms with Crippen molar-refractivity contribution in [3.05, 3.63) is 241 Å². The summed E-state index contributed by atoms with van der Waals surface area (Å²) >= 11 is 1.89. The molecule has 0 N–H and O–H groups in total. The van der Waals surface area contributed by atoms with Gasteiger partial charge in [-0.1, -0.05) is 145 Å². The van der Waals surface area contributed by atoms with Crippen molar-refractivity contribution in [2.24, 2.45) is 0 Å². The van der Waals surface area contributed by atoms with Gasteiger partial charge in [0.25, 0.3) is 0 Å². The number of rotatable bonds is 4. The molecule has 12 aromatic rings. The van der Waals surface area contributed by atoms with Crippen molar-refractivity contribution in [3.8, 4) is 16.8 Å². The number of hydrogen-bond acceptors (Lipinski definition) is 3. The average molecular weight is 821 g/mol. The van der Waals surface area contributed by atoms with Gasteiger partial charge in [0.05, 0.1) is 16.4 Å². The summed E-state index contributed by atoms with van der Waals surface area (Å²) < 4.78 is 8.78. The van der Waals surface area contributed by atoms with Crippen molar-refractivity contribution in [3.63, 3.8) is 0 Å². The van der Waals surface area contributed by atoms with Crippen molar-refractivity contribution in [2.75, 3.05) is 4.90 Å². The number of para-hydroxylation sites is 3. The molecular weight excluding hydrogens is 785 g/mol. The zero-order valence-electron chi connectivity index (χ0n) is 34.0. The van der Waals surface area contributed by atoms with Crippen LogP contribution in [0, 0.1) is 0 Å². The molecule has 0 fully saturated rings. The van der Waals surface area contributed by atoms with E-state index in [9.17, 15) is 0 Å². The minimum Gasteiger partial charge on any atom is -0.456 e. The lowest BCUT2D eigenvalue weighted by atomic mass is 9.59. The van der Waals surface area contributed by atoms with Gasteiger partial charge >= 0.3 is 0 Å². The van der Waals surface area contributed by atoms with Crippen LogP contribution in [0.1, 0.15) is 22.3 Å². The summed E-state index contributed by atoms with van der Waals surface area (Å²) in [6.07, 6.45) is 0. The Kier molecular flexibility index (Phi) is 7.26. The van der Waals surface area contributed by atoms with E-state index in [1.165, 1.54) is 64.7 Å². The summed E-state index contributed by atoms with van der Waals surface area (Å²) in [6, 6.07) is 80.5. The highest BCUT2D eigenvalue weighted by molar-refractivity contribution is 7.99. The molecule has 4 heteroatoms. The van der Waals surface area contributed by atoms with Gasteiger partial charge in [-0.25, -0.2) is 0 Å². The van der Waals surface area contributed by atoms with E-state index in [4.69, 9.17) is 4.42 Å². The summed E-state index contributed by atoms with van der Waals surface area (Å²) in [6.45, 7) is 0. The zero-order valence-corrected chi connectivity index (χ0v) is 34.8. The van der Waals surface area contributed by atoms with Crippen LogP contribution in [0.4, 0.5) is 17.1 Å². The molecule has 3 heterocycles. The molecule has 1 unspecified atom stereocenters. The van der Waals surface area contributed by atoms with Crippen LogP contribution in [-0.4, -0.2) is 4.57 Å². The van der Waals surface area contributed by atoms with Gasteiger partial charge in [-0.3, -0.25) is 0 Å². The van der Waals surface area contributed by atoms with E-state index in [0.29, 0.717) is 0 Å². The fourth-order valence-electron chi connectivity index (χ4n) is 11.1. The Labute approximate surface area is 368 Å². The van der Waals surface area contributed by atoms with Crippen molar-refractivity contribution >= 4 is 83.3 Å². The molecule has 10 aromatic carbocycles. The highest BCUT2D eigenvalue weighted by Gasteiger charge is 2.48. The lowest BCUT2D eigenvalue weighted by Gasteiger charge is -2.46. The van der Waals surface area contributed by atoms with Crippen molar-refractivity contribution in [1.82, 2.24) is 4.57 Å². The van der Waals surface area contributed by atoms with Gasteiger partial charge in [-0.2, -0.15) is 0 Å². The standard InChI is InChI=1S/C59H36N2OS/c1-2-16-38(17-3-1)60(39-29-32-53-47(34-39)43-19-5-9-25-52(43)61(53)41-28-31-45-44-20-6-10-26-54(44)62-55(45)36-41)40-30-33-57-51(35-40)59(49-23-8-11-27-56(49)63-57)48-22-7-4-18-42(48)46-21-12-14-37-15-13-24-50(59)58(37)46/h1-36H. The molecule has 1 atom stereocenters. The highest BCUT2D eigenvalue weighted by Crippen LogP contribution is 2.62. The summed E-state index contributed by atoms with van der Waals surface area (Å²) in [4.78, 5) is 5.01. The van der Waals surface area contributed by atoms with Gasteiger partial charge < -0.3 is 13.9 Å². The molecule has 0 bridgehead atoms. The number of aromatic nitrogens is 1. The molecule has 2 aromatic heterocycles. The lowest BCUT2D eigenvalue weighted by molar-refractivity contribution is 0.668. The van der Waals surface area contributed by atoms with E-state index < -0.39 is 5.41 Å². The van der Waals surface area contributed by atoms with Crippen LogP contribution in [0.2, 0.25) is 0 Å². The van der Waals surface area contributed by atoms with E-state index in [-0.39, 0.29) is 0 Å². The molecule has 3 nitrogen and oxygen atoms in total. The minimum absolute atomic E-state index is 0.543. The second kappa shape index (κ2) is 13.1. The van der Waals surface area contributed by atoms with Gasteiger partial charge in [-0.05, 0) is 123 Å². The summed E-state index contributed by atoms with van der Waals surface area (Å²) in [5.74, 6) is 0. The van der Waals surface area contributed by atoms with E-state index in [1.54, 1.807) is 0 Å². The number of fused-ring (bicyclic) bond motifs is 14. The third kappa shape index (κ3) is 4.81. The molecule has 0 saturated carbocycles. The first-order valence-corrected chi connectivity index (χ1v) is 22.4. The second-order valence-corrected chi connectivity index (χ2v) is 17.9. The van der Waals surface area contributed by atoms with E-state index in [1.807, 2.05) is 23.9 Å². The Morgan fingerprint density at radius 1 is 0.397 bits per heavy atom. The molecule has 63 heavy (non-hydrogen) atoms. The van der Waals surface area contributed by atoms with Crippen LogP contribution in [0.25, 0.3) is 71.3 Å². The number of nitrogens with zero attached hydrogens (tertiary/aromatic N) is 2. The fourth-order valence-corrected chi connectivity index (χ4v) is 12.2. The zero-order chi connectivity index (χ0) is 41.2. The predicted octanol–water partition coefficient (Wildman–Crippen LogP) is 16.1.